The van der Waals surface area contributed by atoms with Gasteiger partial charge in [0, 0.05) is 30.5 Å². The summed E-state index contributed by atoms with van der Waals surface area (Å²) in [6.45, 7) is 4.28. The third-order valence-electron chi connectivity index (χ3n) is 3.78. The van der Waals surface area contributed by atoms with E-state index in [1.807, 2.05) is 0 Å². The molecule has 1 aromatic heterocycles. The summed E-state index contributed by atoms with van der Waals surface area (Å²) >= 11 is 0. The molecular formula is C13H18N2O3. The molecule has 2 rings (SSSR count). The van der Waals surface area contributed by atoms with E-state index in [0.29, 0.717) is 0 Å². The Morgan fingerprint density at radius 3 is 2.89 bits per heavy atom. The van der Waals surface area contributed by atoms with Crippen molar-refractivity contribution in [2.24, 2.45) is 5.41 Å². The lowest BCUT2D eigenvalue weighted by molar-refractivity contribution is -0.0794. The number of nitrogens with zero attached hydrogens (tertiary/aromatic N) is 1. The molecule has 1 aliphatic rings. The molecule has 0 spiro atoms. The maximum Gasteiger partial charge on any atom is 0.354 e. The smallest absolute Gasteiger partial charge is 0.354 e. The number of aromatic nitrogens is 1. The number of methoxy groups -OCH3 is 1. The van der Waals surface area contributed by atoms with Gasteiger partial charge in [-0.25, -0.2) is 9.78 Å². The van der Waals surface area contributed by atoms with Gasteiger partial charge in [0.15, 0.2) is 0 Å². The number of anilines is 1. The maximum absolute atomic E-state index is 10.8. The molecule has 0 aromatic carbocycles. The molecule has 98 valence electrons. The van der Waals surface area contributed by atoms with Gasteiger partial charge in [-0.05, 0) is 18.6 Å². The Balaban J connectivity index is 2.07. The Morgan fingerprint density at radius 1 is 1.61 bits per heavy atom. The molecule has 2 unspecified atom stereocenters. The Morgan fingerprint density at radius 2 is 2.33 bits per heavy atom. The summed E-state index contributed by atoms with van der Waals surface area (Å²) in [6, 6.07) is 3.62. The number of aromatic carboxylic acids is 1. The molecule has 5 nitrogen and oxygen atoms in total. The number of carboxylic acids is 1. The predicted molar refractivity (Wildman–Crippen MR) is 67.8 cm³/mol. The van der Waals surface area contributed by atoms with Crippen LogP contribution in [-0.2, 0) is 4.74 Å². The van der Waals surface area contributed by atoms with E-state index in [4.69, 9.17) is 9.84 Å². The average molecular weight is 250 g/mol. The van der Waals surface area contributed by atoms with Crippen molar-refractivity contribution in [3.05, 3.63) is 24.0 Å². The molecule has 2 N–H and O–H groups in total. The normalized spacial score (nSPS) is 25.3. The molecular weight excluding hydrogens is 232 g/mol. The molecule has 2 atom stereocenters. The summed E-state index contributed by atoms with van der Waals surface area (Å²) in [4.78, 5) is 14.6. The van der Waals surface area contributed by atoms with E-state index in [0.717, 1.165) is 12.1 Å². The molecule has 0 radical (unpaired) electrons. The predicted octanol–water partition coefficient (Wildman–Crippen LogP) is 2.01. The lowest BCUT2D eigenvalue weighted by Gasteiger charge is -2.51. The van der Waals surface area contributed by atoms with Gasteiger partial charge in [0.2, 0.25) is 0 Å². The molecule has 0 saturated heterocycles. The van der Waals surface area contributed by atoms with Gasteiger partial charge in [0.25, 0.3) is 0 Å². The van der Waals surface area contributed by atoms with Gasteiger partial charge in [-0.1, -0.05) is 13.8 Å². The fourth-order valence-corrected chi connectivity index (χ4v) is 2.37. The highest BCUT2D eigenvalue weighted by atomic mass is 16.5. The summed E-state index contributed by atoms with van der Waals surface area (Å²) in [6.07, 6.45) is 2.68. The summed E-state index contributed by atoms with van der Waals surface area (Å²) in [5, 5.41) is 12.2. The van der Waals surface area contributed by atoms with Crippen molar-refractivity contribution in [3.8, 4) is 0 Å². The molecule has 0 amide bonds. The number of hydrogen-bond donors (Lipinski definition) is 2. The Kier molecular flexibility index (Phi) is 3.26. The Hall–Kier alpha value is -1.62. The van der Waals surface area contributed by atoms with Crippen LogP contribution < -0.4 is 5.32 Å². The third-order valence-corrected chi connectivity index (χ3v) is 3.78. The minimum atomic E-state index is -1.01. The first-order valence-electron chi connectivity index (χ1n) is 5.94. The van der Waals surface area contributed by atoms with E-state index in [1.54, 1.807) is 19.2 Å². The number of ether oxygens (including phenoxy) is 1. The highest BCUT2D eigenvalue weighted by Gasteiger charge is 2.48. The van der Waals surface area contributed by atoms with E-state index in [-0.39, 0.29) is 23.3 Å². The van der Waals surface area contributed by atoms with Gasteiger partial charge in [0.1, 0.15) is 5.69 Å². The van der Waals surface area contributed by atoms with Crippen molar-refractivity contribution in [2.75, 3.05) is 12.4 Å². The highest BCUT2D eigenvalue weighted by molar-refractivity contribution is 5.86. The van der Waals surface area contributed by atoms with Crippen LogP contribution in [-0.4, -0.2) is 35.3 Å². The van der Waals surface area contributed by atoms with Crippen LogP contribution >= 0.6 is 0 Å². The van der Waals surface area contributed by atoms with Crippen LogP contribution in [0.25, 0.3) is 0 Å². The van der Waals surface area contributed by atoms with E-state index in [1.165, 1.54) is 6.20 Å². The number of pyridine rings is 1. The summed E-state index contributed by atoms with van der Waals surface area (Å²) in [5.74, 6) is -1.01. The zero-order valence-corrected chi connectivity index (χ0v) is 10.8. The molecule has 0 bridgehead atoms. The topological polar surface area (TPSA) is 71.5 Å². The van der Waals surface area contributed by atoms with Gasteiger partial charge in [0.05, 0.1) is 6.10 Å². The van der Waals surface area contributed by atoms with Crippen molar-refractivity contribution >= 4 is 11.7 Å². The molecule has 0 aliphatic heterocycles. The van der Waals surface area contributed by atoms with E-state index >= 15 is 0 Å². The van der Waals surface area contributed by atoms with Crippen LogP contribution in [0.3, 0.4) is 0 Å². The van der Waals surface area contributed by atoms with E-state index in [9.17, 15) is 4.79 Å². The third kappa shape index (κ3) is 2.18. The maximum atomic E-state index is 10.8. The second kappa shape index (κ2) is 4.57. The van der Waals surface area contributed by atoms with Crippen LogP contribution in [0.15, 0.2) is 18.3 Å². The van der Waals surface area contributed by atoms with Crippen LogP contribution in [0.4, 0.5) is 5.69 Å². The van der Waals surface area contributed by atoms with Crippen molar-refractivity contribution in [2.45, 2.75) is 32.4 Å². The number of carboxylic acid groups (broad SMARTS) is 1. The van der Waals surface area contributed by atoms with Gasteiger partial charge >= 0.3 is 5.97 Å². The molecule has 1 fully saturated rings. The summed E-state index contributed by atoms with van der Waals surface area (Å²) in [5.41, 5.74) is 0.886. The first kappa shape index (κ1) is 12.8. The van der Waals surface area contributed by atoms with Crippen molar-refractivity contribution in [1.82, 2.24) is 4.98 Å². The van der Waals surface area contributed by atoms with Gasteiger partial charge in [-0.15, -0.1) is 0 Å². The van der Waals surface area contributed by atoms with Gasteiger partial charge < -0.3 is 15.2 Å². The standard InChI is InChI=1S/C13H18N2O3/c1-13(2)10(7-11(13)18-3)15-8-4-5-14-9(6-8)12(16)17/h4-6,10-11H,7H2,1-3H3,(H,14,15)(H,16,17). The molecule has 5 heteroatoms. The Labute approximate surface area is 106 Å². The molecule has 18 heavy (non-hydrogen) atoms. The van der Waals surface area contributed by atoms with Crippen LogP contribution in [0.2, 0.25) is 0 Å². The van der Waals surface area contributed by atoms with E-state index in [2.05, 4.69) is 24.1 Å². The lowest BCUT2D eigenvalue weighted by atomic mass is 9.64. The molecule has 1 aliphatic carbocycles. The number of hydrogen-bond acceptors (Lipinski definition) is 4. The minimum Gasteiger partial charge on any atom is -0.477 e. The average Bonchev–Trinajstić information content (AvgIpc) is 2.34. The summed E-state index contributed by atoms with van der Waals surface area (Å²) in [7, 11) is 1.72. The van der Waals surface area contributed by atoms with E-state index < -0.39 is 5.97 Å². The van der Waals surface area contributed by atoms with Crippen LogP contribution in [0, 0.1) is 5.41 Å². The zero-order chi connectivity index (χ0) is 13.3. The van der Waals surface area contributed by atoms with Crippen molar-refractivity contribution in [1.29, 1.82) is 0 Å². The van der Waals surface area contributed by atoms with Crippen molar-refractivity contribution < 1.29 is 14.6 Å². The SMILES string of the molecule is COC1CC(Nc2ccnc(C(=O)O)c2)C1(C)C. The quantitative estimate of drug-likeness (QED) is 0.855. The number of carbonyl (C=O) groups is 1. The molecule has 1 aromatic rings. The van der Waals surface area contributed by atoms with Gasteiger partial charge in [-0.2, -0.15) is 0 Å². The second-order valence-corrected chi connectivity index (χ2v) is 5.21. The fraction of sp³-hybridized carbons (Fsp3) is 0.538. The molecule has 1 saturated carbocycles. The highest BCUT2D eigenvalue weighted by Crippen LogP contribution is 2.43. The first-order valence-corrected chi connectivity index (χ1v) is 5.94. The minimum absolute atomic E-state index is 0.0431. The van der Waals surface area contributed by atoms with Gasteiger partial charge in [-0.3, -0.25) is 0 Å². The Bertz CT molecular complexity index is 459. The van der Waals surface area contributed by atoms with Crippen LogP contribution in [0.1, 0.15) is 30.8 Å². The van der Waals surface area contributed by atoms with Crippen molar-refractivity contribution in [3.63, 3.8) is 0 Å². The lowest BCUT2D eigenvalue weighted by Crippen LogP contribution is -2.57. The number of rotatable bonds is 4. The number of nitrogens with one attached hydrogen (secondary N) is 1. The zero-order valence-electron chi connectivity index (χ0n) is 10.8. The first-order chi connectivity index (χ1) is 8.45. The van der Waals surface area contributed by atoms with Crippen LogP contribution in [0.5, 0.6) is 0 Å². The monoisotopic (exact) mass is 250 g/mol. The molecule has 1 heterocycles. The second-order valence-electron chi connectivity index (χ2n) is 5.21. The summed E-state index contributed by atoms with van der Waals surface area (Å²) < 4.78 is 5.38. The largest absolute Gasteiger partial charge is 0.477 e. The fourth-order valence-electron chi connectivity index (χ4n) is 2.37.